The smallest absolute Gasteiger partial charge is 0.336 e. The molecule has 0 radical (unpaired) electrons. The summed E-state index contributed by atoms with van der Waals surface area (Å²) in [6.07, 6.45) is -1.31. The van der Waals surface area contributed by atoms with Gasteiger partial charge in [0, 0.05) is 10.9 Å². The quantitative estimate of drug-likeness (QED) is 0.612. The molecule has 0 bridgehead atoms. The van der Waals surface area contributed by atoms with E-state index in [-0.39, 0.29) is 0 Å². The number of furan rings is 1. The van der Waals surface area contributed by atoms with Crippen LogP contribution < -0.4 is 0 Å². The lowest BCUT2D eigenvalue weighted by Gasteiger charge is -2.18. The highest BCUT2D eigenvalue weighted by Gasteiger charge is 2.40. The molecule has 0 fully saturated rings. The lowest BCUT2D eigenvalue weighted by atomic mass is 9.96. The molecule has 1 aromatic carbocycles. The van der Waals surface area contributed by atoms with Crippen LogP contribution in [0.1, 0.15) is 24.2 Å². The second kappa shape index (κ2) is 7.98. The molecule has 1 aromatic heterocycles. The molecule has 3 rings (SSSR count). The molecule has 1 aliphatic rings. The van der Waals surface area contributed by atoms with Gasteiger partial charge in [0.05, 0.1) is 19.4 Å². The Labute approximate surface area is 147 Å². The minimum absolute atomic E-state index is 0.629. The van der Waals surface area contributed by atoms with Gasteiger partial charge >= 0.3 is 17.9 Å². The lowest BCUT2D eigenvalue weighted by molar-refractivity contribution is -0.170. The molecule has 4 N–H and O–H groups in total. The Morgan fingerprint density at radius 3 is 2.23 bits per heavy atom. The van der Waals surface area contributed by atoms with Gasteiger partial charge in [-0.15, -0.1) is 0 Å². The van der Waals surface area contributed by atoms with Crippen molar-refractivity contribution in [2.45, 2.75) is 31.5 Å². The number of carboxylic acids is 3. The van der Waals surface area contributed by atoms with E-state index in [1.807, 2.05) is 18.2 Å². The number of benzene rings is 1. The van der Waals surface area contributed by atoms with Crippen molar-refractivity contribution < 1.29 is 44.0 Å². The van der Waals surface area contributed by atoms with Gasteiger partial charge in [0.2, 0.25) is 0 Å². The molecule has 0 amide bonds. The van der Waals surface area contributed by atoms with Crippen LogP contribution in [-0.4, -0.2) is 50.5 Å². The van der Waals surface area contributed by atoms with E-state index in [4.69, 9.17) is 29.6 Å². The van der Waals surface area contributed by atoms with Crippen molar-refractivity contribution in [2.75, 3.05) is 6.61 Å². The summed E-state index contributed by atoms with van der Waals surface area (Å²) in [7, 11) is 0. The first kappa shape index (κ1) is 19.4. The van der Waals surface area contributed by atoms with Gasteiger partial charge in [-0.2, -0.15) is 0 Å². The van der Waals surface area contributed by atoms with E-state index in [1.54, 1.807) is 0 Å². The first-order valence-corrected chi connectivity index (χ1v) is 7.69. The van der Waals surface area contributed by atoms with Gasteiger partial charge < -0.3 is 29.6 Å². The van der Waals surface area contributed by atoms with Crippen LogP contribution in [0.4, 0.5) is 0 Å². The van der Waals surface area contributed by atoms with E-state index in [0.717, 1.165) is 24.4 Å². The summed E-state index contributed by atoms with van der Waals surface area (Å²) in [6.45, 7) is 1.44. The maximum Gasteiger partial charge on any atom is 0.336 e. The summed E-state index contributed by atoms with van der Waals surface area (Å²) in [5, 5.41) is 35.1. The molecule has 0 atom stereocenters. The summed E-state index contributed by atoms with van der Waals surface area (Å²) in [4.78, 5) is 30.5. The van der Waals surface area contributed by atoms with Gasteiger partial charge in [0.15, 0.2) is 5.60 Å². The molecule has 0 saturated carbocycles. The minimum Gasteiger partial charge on any atom is -0.481 e. The van der Waals surface area contributed by atoms with Crippen molar-refractivity contribution in [3.8, 4) is 0 Å². The van der Waals surface area contributed by atoms with Gasteiger partial charge in [0.25, 0.3) is 0 Å². The largest absolute Gasteiger partial charge is 0.481 e. The summed E-state index contributed by atoms with van der Waals surface area (Å²) >= 11 is 0. The standard InChI is InChI=1S/C11H10O2.C6H8O7/c1-2-4-10-8(3-1)9-5-6-12-7-11(9)13-10;7-3(8)1-6(13,5(11)12)2-4(9)10/h1-4H,5-7H2;13H,1-2H2,(H,7,8)(H,9,10)(H,11,12). The molecule has 2 aromatic rings. The Morgan fingerprint density at radius 1 is 1.04 bits per heavy atom. The van der Waals surface area contributed by atoms with Crippen molar-refractivity contribution >= 4 is 28.9 Å². The van der Waals surface area contributed by atoms with Crippen molar-refractivity contribution in [1.29, 1.82) is 0 Å². The zero-order valence-corrected chi connectivity index (χ0v) is 13.7. The highest BCUT2D eigenvalue weighted by atomic mass is 16.5. The van der Waals surface area contributed by atoms with Crippen LogP contribution in [0.2, 0.25) is 0 Å². The molecular formula is C17H18O9. The number of hydrogen-bond acceptors (Lipinski definition) is 6. The monoisotopic (exact) mass is 366 g/mol. The number of aliphatic carboxylic acids is 3. The Hall–Kier alpha value is -2.91. The fraction of sp³-hybridized carbons (Fsp3) is 0.353. The third-order valence-electron chi connectivity index (χ3n) is 3.80. The first-order valence-electron chi connectivity index (χ1n) is 7.69. The Morgan fingerprint density at radius 2 is 1.65 bits per heavy atom. The van der Waals surface area contributed by atoms with Crippen molar-refractivity contribution in [3.05, 3.63) is 35.6 Å². The zero-order valence-electron chi connectivity index (χ0n) is 13.7. The molecule has 2 heterocycles. The summed E-state index contributed by atoms with van der Waals surface area (Å²) in [5.41, 5.74) is -0.419. The zero-order chi connectivity index (χ0) is 19.3. The Kier molecular flexibility index (Phi) is 5.96. The molecule has 0 spiro atoms. The fourth-order valence-electron chi connectivity index (χ4n) is 2.59. The highest BCUT2D eigenvalue weighted by Crippen LogP contribution is 2.28. The van der Waals surface area contributed by atoms with Gasteiger partial charge in [-0.1, -0.05) is 18.2 Å². The summed E-state index contributed by atoms with van der Waals surface area (Å²) in [5.74, 6) is -4.01. The maximum absolute atomic E-state index is 10.3. The molecule has 1 aliphatic heterocycles. The number of ether oxygens (including phenoxy) is 1. The molecule has 140 valence electrons. The average Bonchev–Trinajstić information content (AvgIpc) is 2.92. The predicted molar refractivity (Wildman–Crippen MR) is 86.7 cm³/mol. The van der Waals surface area contributed by atoms with Crippen LogP contribution in [0.5, 0.6) is 0 Å². The predicted octanol–water partition coefficient (Wildman–Crippen LogP) is 1.26. The number of carboxylic acid groups (broad SMARTS) is 3. The SMILES string of the molecule is O=C(O)CC(O)(CC(=O)O)C(=O)O.c1ccc2c3c(oc2c1)COCC3. The van der Waals surface area contributed by atoms with Gasteiger partial charge in [0.1, 0.15) is 18.0 Å². The number of carbonyl (C=O) groups is 3. The van der Waals surface area contributed by atoms with E-state index in [9.17, 15) is 14.4 Å². The van der Waals surface area contributed by atoms with Crippen LogP contribution in [-0.2, 0) is 32.1 Å². The Balaban J connectivity index is 0.000000187. The molecule has 0 aliphatic carbocycles. The molecule has 9 nitrogen and oxygen atoms in total. The topological polar surface area (TPSA) is 154 Å². The number of hydrogen-bond donors (Lipinski definition) is 4. The van der Waals surface area contributed by atoms with Crippen LogP contribution >= 0.6 is 0 Å². The highest BCUT2D eigenvalue weighted by molar-refractivity contribution is 5.88. The molecule has 0 saturated heterocycles. The minimum atomic E-state index is -2.74. The van der Waals surface area contributed by atoms with E-state index in [1.165, 1.54) is 10.9 Å². The van der Waals surface area contributed by atoms with Crippen LogP contribution in [0.15, 0.2) is 28.7 Å². The molecule has 26 heavy (non-hydrogen) atoms. The number of aliphatic hydroxyl groups is 1. The van der Waals surface area contributed by atoms with Gasteiger partial charge in [-0.25, -0.2) is 4.79 Å². The number of fused-ring (bicyclic) bond motifs is 3. The number of rotatable bonds is 5. The van der Waals surface area contributed by atoms with Gasteiger partial charge in [-0.05, 0) is 12.5 Å². The third-order valence-corrected chi connectivity index (χ3v) is 3.80. The maximum atomic E-state index is 10.3. The van der Waals surface area contributed by atoms with E-state index >= 15 is 0 Å². The normalized spacial score (nSPS) is 13.4. The second-order valence-corrected chi connectivity index (χ2v) is 5.78. The van der Waals surface area contributed by atoms with E-state index < -0.39 is 36.4 Å². The number of para-hydroxylation sites is 1. The summed E-state index contributed by atoms with van der Waals surface area (Å²) < 4.78 is 11.0. The van der Waals surface area contributed by atoms with Crippen molar-refractivity contribution in [3.63, 3.8) is 0 Å². The van der Waals surface area contributed by atoms with Crippen LogP contribution in [0.25, 0.3) is 11.0 Å². The van der Waals surface area contributed by atoms with Crippen LogP contribution in [0, 0.1) is 0 Å². The van der Waals surface area contributed by atoms with Crippen molar-refractivity contribution in [2.24, 2.45) is 0 Å². The van der Waals surface area contributed by atoms with Gasteiger partial charge in [-0.3, -0.25) is 9.59 Å². The molecule has 0 unspecified atom stereocenters. The fourth-order valence-corrected chi connectivity index (χ4v) is 2.59. The first-order chi connectivity index (χ1) is 12.2. The van der Waals surface area contributed by atoms with Crippen molar-refractivity contribution in [1.82, 2.24) is 0 Å². The lowest BCUT2D eigenvalue weighted by Crippen LogP contribution is -2.42. The van der Waals surface area contributed by atoms with E-state index in [0.29, 0.717) is 6.61 Å². The average molecular weight is 366 g/mol. The molecule has 9 heteroatoms. The summed E-state index contributed by atoms with van der Waals surface area (Å²) in [6, 6.07) is 8.17. The van der Waals surface area contributed by atoms with E-state index in [2.05, 4.69) is 6.07 Å². The van der Waals surface area contributed by atoms with Crippen LogP contribution in [0.3, 0.4) is 0 Å². The molecular weight excluding hydrogens is 348 g/mol. The third kappa shape index (κ3) is 4.58. The Bertz CT molecular complexity index is 805. The second-order valence-electron chi connectivity index (χ2n) is 5.78.